The van der Waals surface area contributed by atoms with E-state index in [0.29, 0.717) is 58.4 Å². The Labute approximate surface area is 254 Å². The number of rotatable bonds is 9. The van der Waals surface area contributed by atoms with Crippen molar-refractivity contribution in [2.45, 2.75) is 26.0 Å². The predicted molar refractivity (Wildman–Crippen MR) is 166 cm³/mol. The van der Waals surface area contributed by atoms with Crippen LogP contribution >= 0.6 is 11.6 Å². The summed E-state index contributed by atoms with van der Waals surface area (Å²) in [6.07, 6.45) is 0.513. The van der Waals surface area contributed by atoms with Gasteiger partial charge in [0, 0.05) is 11.6 Å². The first-order valence-electron chi connectivity index (χ1n) is 13.9. The highest BCUT2D eigenvalue weighted by Crippen LogP contribution is 2.40. The van der Waals surface area contributed by atoms with E-state index in [-0.39, 0.29) is 17.1 Å². The maximum Gasteiger partial charge on any atom is 0.290 e. The third-order valence-corrected chi connectivity index (χ3v) is 8.17. The normalized spacial score (nSPS) is 14.2. The van der Waals surface area contributed by atoms with Gasteiger partial charge < -0.3 is 23.5 Å². The van der Waals surface area contributed by atoms with Crippen LogP contribution in [0.15, 0.2) is 94.1 Å². The first kappa shape index (κ1) is 28.4. The topological polar surface area (TPSA) is 78.2 Å². The lowest BCUT2D eigenvalue weighted by Gasteiger charge is -2.25. The van der Waals surface area contributed by atoms with Gasteiger partial charge in [0.05, 0.1) is 31.2 Å². The number of nitrogens with zero attached hydrogens (tertiary/aromatic N) is 1. The highest BCUT2D eigenvalue weighted by molar-refractivity contribution is 6.32. The van der Waals surface area contributed by atoms with E-state index in [9.17, 15) is 9.59 Å². The fraction of sp³-hybridized carbons (Fsp3) is 0.200. The van der Waals surface area contributed by atoms with Gasteiger partial charge in [-0.1, -0.05) is 60.1 Å². The van der Waals surface area contributed by atoms with E-state index < -0.39 is 6.04 Å². The number of aryl methyl sites for hydroxylation is 1. The van der Waals surface area contributed by atoms with Crippen LogP contribution in [0.5, 0.6) is 17.2 Å². The number of carbonyl (C=O) groups excluding carboxylic acids is 1. The van der Waals surface area contributed by atoms with Crippen molar-refractivity contribution < 1.29 is 23.4 Å². The molecule has 5 aromatic rings. The van der Waals surface area contributed by atoms with Crippen molar-refractivity contribution in [3.05, 3.63) is 134 Å². The van der Waals surface area contributed by atoms with E-state index in [1.54, 1.807) is 31.3 Å². The van der Waals surface area contributed by atoms with Crippen molar-refractivity contribution in [2.24, 2.45) is 0 Å². The van der Waals surface area contributed by atoms with Crippen LogP contribution in [0, 0.1) is 6.92 Å². The van der Waals surface area contributed by atoms with E-state index in [1.807, 2.05) is 79.7 Å². The summed E-state index contributed by atoms with van der Waals surface area (Å²) in [6.45, 7) is 2.54. The van der Waals surface area contributed by atoms with Crippen LogP contribution in [0.2, 0.25) is 5.02 Å². The minimum atomic E-state index is -0.677. The molecule has 4 aromatic carbocycles. The Balaban J connectivity index is 1.40. The number of hydrogen-bond acceptors (Lipinski definition) is 6. The zero-order valence-electron chi connectivity index (χ0n) is 24.1. The monoisotopic (exact) mass is 595 g/mol. The second-order valence-electron chi connectivity index (χ2n) is 10.5. The van der Waals surface area contributed by atoms with Crippen LogP contribution in [0.4, 0.5) is 0 Å². The molecule has 1 unspecified atom stereocenters. The summed E-state index contributed by atoms with van der Waals surface area (Å²) >= 11 is 6.40. The molecule has 43 heavy (non-hydrogen) atoms. The second-order valence-corrected chi connectivity index (χ2v) is 10.9. The molecule has 8 heteroatoms. The largest absolute Gasteiger partial charge is 0.493 e. The average Bonchev–Trinajstić information content (AvgIpc) is 3.31. The van der Waals surface area contributed by atoms with Crippen LogP contribution in [-0.4, -0.2) is 31.6 Å². The summed E-state index contributed by atoms with van der Waals surface area (Å²) in [7, 11) is 3.17. The van der Waals surface area contributed by atoms with Crippen LogP contribution in [0.25, 0.3) is 11.0 Å². The Bertz CT molecular complexity index is 1880. The number of ether oxygens (including phenoxy) is 3. The molecule has 0 saturated heterocycles. The maximum atomic E-state index is 14.0. The third kappa shape index (κ3) is 5.44. The molecule has 1 atom stereocenters. The first-order chi connectivity index (χ1) is 20.9. The molecule has 0 aliphatic carbocycles. The lowest BCUT2D eigenvalue weighted by Crippen LogP contribution is -2.31. The van der Waals surface area contributed by atoms with Gasteiger partial charge in [0.25, 0.3) is 5.91 Å². The van der Waals surface area contributed by atoms with Gasteiger partial charge >= 0.3 is 0 Å². The summed E-state index contributed by atoms with van der Waals surface area (Å²) in [5, 5.41) is 0.799. The van der Waals surface area contributed by atoms with Gasteiger partial charge in [-0.05, 0) is 72.0 Å². The molecule has 218 valence electrons. The Morgan fingerprint density at radius 3 is 2.42 bits per heavy atom. The van der Waals surface area contributed by atoms with Gasteiger partial charge in [-0.25, -0.2) is 0 Å². The smallest absolute Gasteiger partial charge is 0.290 e. The summed E-state index contributed by atoms with van der Waals surface area (Å²) in [5.41, 5.74) is 3.84. The molecule has 0 spiro atoms. The van der Waals surface area contributed by atoms with E-state index in [1.165, 1.54) is 0 Å². The Hall–Kier alpha value is -4.75. The molecule has 1 aliphatic heterocycles. The van der Waals surface area contributed by atoms with Crippen LogP contribution in [-0.2, 0) is 13.0 Å². The molecule has 1 amide bonds. The van der Waals surface area contributed by atoms with E-state index in [0.717, 1.165) is 22.3 Å². The molecular formula is C35H30ClNO6. The van der Waals surface area contributed by atoms with E-state index in [4.69, 9.17) is 30.2 Å². The molecule has 2 heterocycles. The van der Waals surface area contributed by atoms with Crippen molar-refractivity contribution in [2.75, 3.05) is 20.8 Å². The molecule has 1 aromatic heterocycles. The highest BCUT2D eigenvalue weighted by Gasteiger charge is 2.42. The average molecular weight is 596 g/mol. The van der Waals surface area contributed by atoms with Gasteiger partial charge in [-0.3, -0.25) is 9.59 Å². The van der Waals surface area contributed by atoms with Crippen molar-refractivity contribution in [3.8, 4) is 17.2 Å². The van der Waals surface area contributed by atoms with Crippen molar-refractivity contribution in [1.82, 2.24) is 4.90 Å². The predicted octanol–water partition coefficient (Wildman–Crippen LogP) is 7.14. The molecule has 0 bridgehead atoms. The maximum absolute atomic E-state index is 14.0. The Kier molecular flexibility index (Phi) is 7.82. The number of methoxy groups -OCH3 is 2. The zero-order chi connectivity index (χ0) is 30.1. The highest BCUT2D eigenvalue weighted by atomic mass is 35.5. The fourth-order valence-electron chi connectivity index (χ4n) is 5.52. The number of fused-ring (bicyclic) bond motifs is 2. The zero-order valence-corrected chi connectivity index (χ0v) is 24.8. The van der Waals surface area contributed by atoms with Gasteiger partial charge in [0.15, 0.2) is 16.9 Å². The van der Waals surface area contributed by atoms with Gasteiger partial charge in [-0.2, -0.15) is 0 Å². The first-order valence-corrected chi connectivity index (χ1v) is 14.3. The standard InChI is InChI=1S/C35H30ClNO6/c1-21-16-29-26(19-27(21)36)33(38)31-32(24-10-7-11-25(18-24)42-20-23-8-5-4-6-9-23)37(35(39)34(31)43-29)15-14-22-12-13-28(40-2)30(17-22)41-3/h4-13,16-19,32H,14-15,20H2,1-3H3. The van der Waals surface area contributed by atoms with Crippen molar-refractivity contribution in [1.29, 1.82) is 0 Å². The quantitative estimate of drug-likeness (QED) is 0.180. The van der Waals surface area contributed by atoms with Crippen LogP contribution < -0.4 is 19.6 Å². The summed E-state index contributed by atoms with van der Waals surface area (Å²) in [6, 6.07) is 25.7. The second kappa shape index (κ2) is 11.9. The molecule has 0 radical (unpaired) electrons. The summed E-state index contributed by atoms with van der Waals surface area (Å²) < 4.78 is 23.1. The minimum absolute atomic E-state index is 0.0483. The van der Waals surface area contributed by atoms with E-state index in [2.05, 4.69) is 0 Å². The van der Waals surface area contributed by atoms with Gasteiger partial charge in [-0.15, -0.1) is 0 Å². The van der Waals surface area contributed by atoms with Gasteiger partial charge in [0.1, 0.15) is 17.9 Å². The Morgan fingerprint density at radius 1 is 0.860 bits per heavy atom. The Morgan fingerprint density at radius 2 is 1.65 bits per heavy atom. The van der Waals surface area contributed by atoms with E-state index >= 15 is 0 Å². The molecule has 0 saturated carbocycles. The number of halogens is 1. The molecule has 1 aliphatic rings. The van der Waals surface area contributed by atoms with Crippen LogP contribution in [0.1, 0.15) is 44.4 Å². The number of amides is 1. The minimum Gasteiger partial charge on any atom is -0.493 e. The van der Waals surface area contributed by atoms with Gasteiger partial charge in [0.2, 0.25) is 5.76 Å². The summed E-state index contributed by atoms with van der Waals surface area (Å²) in [4.78, 5) is 29.7. The molecule has 0 N–H and O–H groups in total. The third-order valence-electron chi connectivity index (χ3n) is 7.76. The number of hydrogen-bond donors (Lipinski definition) is 0. The molecule has 6 rings (SSSR count). The number of carbonyl (C=O) groups is 1. The lowest BCUT2D eigenvalue weighted by molar-refractivity contribution is 0.0729. The number of benzene rings is 4. The molecule has 7 nitrogen and oxygen atoms in total. The van der Waals surface area contributed by atoms with Crippen LogP contribution in [0.3, 0.4) is 0 Å². The van der Waals surface area contributed by atoms with Crippen molar-refractivity contribution in [3.63, 3.8) is 0 Å². The summed E-state index contributed by atoms with van der Waals surface area (Å²) in [5.74, 6) is 1.56. The van der Waals surface area contributed by atoms with Crippen molar-refractivity contribution >= 4 is 28.5 Å². The molecular weight excluding hydrogens is 566 g/mol. The SMILES string of the molecule is COc1ccc(CCN2C(=O)c3oc4cc(C)c(Cl)cc4c(=O)c3C2c2cccc(OCc3ccccc3)c2)cc1OC. The fourth-order valence-corrected chi connectivity index (χ4v) is 5.68. The molecule has 0 fully saturated rings. The lowest BCUT2D eigenvalue weighted by atomic mass is 9.97.